The Morgan fingerprint density at radius 1 is 1.11 bits per heavy atom. The number of carboxylic acids is 1. The van der Waals surface area contributed by atoms with E-state index in [1.807, 2.05) is 0 Å². The summed E-state index contributed by atoms with van der Waals surface area (Å²) < 4.78 is 6.05. The molecule has 3 aromatic rings. The molecule has 4 nitrogen and oxygen atoms in total. The second-order valence-electron chi connectivity index (χ2n) is 8.34. The number of hydrogen-bond acceptors (Lipinski definition) is 3. The molecule has 1 aliphatic rings. The maximum Gasteiger partial charge on any atom is 0.309 e. The predicted molar refractivity (Wildman–Crippen MR) is 111 cm³/mol. The molecular formula is C24H27NO3. The Morgan fingerprint density at radius 3 is 2.50 bits per heavy atom. The van der Waals surface area contributed by atoms with Gasteiger partial charge in [-0.1, -0.05) is 44.2 Å². The number of rotatable bonds is 7. The first kappa shape index (κ1) is 18.8. The summed E-state index contributed by atoms with van der Waals surface area (Å²) in [5.41, 5.74) is 4.54. The van der Waals surface area contributed by atoms with Crippen LogP contribution in [-0.4, -0.2) is 29.1 Å². The van der Waals surface area contributed by atoms with Gasteiger partial charge in [-0.25, -0.2) is 0 Å². The topological polar surface area (TPSA) is 53.7 Å². The van der Waals surface area contributed by atoms with Crippen LogP contribution < -0.4 is 0 Å². The summed E-state index contributed by atoms with van der Waals surface area (Å²) in [4.78, 5) is 13.1. The summed E-state index contributed by atoms with van der Waals surface area (Å²) in [5, 5.41) is 10.1. The first-order valence-corrected chi connectivity index (χ1v) is 10.0. The number of benzene rings is 2. The van der Waals surface area contributed by atoms with E-state index in [2.05, 4.69) is 67.3 Å². The van der Waals surface area contributed by atoms with Crippen molar-refractivity contribution in [3.05, 3.63) is 59.7 Å². The molecular weight excluding hydrogens is 350 g/mol. The molecule has 1 fully saturated rings. The second-order valence-corrected chi connectivity index (χ2v) is 8.34. The zero-order valence-corrected chi connectivity index (χ0v) is 16.5. The molecule has 0 saturated carbocycles. The Bertz CT molecular complexity index is 965. The van der Waals surface area contributed by atoms with E-state index in [4.69, 9.17) is 9.52 Å². The van der Waals surface area contributed by atoms with Crippen LogP contribution in [0.4, 0.5) is 0 Å². The number of aryl methyl sites for hydroxylation is 1. The van der Waals surface area contributed by atoms with Crippen molar-refractivity contribution >= 4 is 16.9 Å². The zero-order valence-electron chi connectivity index (χ0n) is 16.5. The smallest absolute Gasteiger partial charge is 0.309 e. The van der Waals surface area contributed by atoms with Crippen LogP contribution >= 0.6 is 0 Å². The molecule has 0 radical (unpaired) electrons. The van der Waals surface area contributed by atoms with Gasteiger partial charge < -0.3 is 9.52 Å². The number of aliphatic carboxylic acids is 1. The molecule has 0 atom stereocenters. The van der Waals surface area contributed by atoms with E-state index in [0.717, 1.165) is 35.3 Å². The van der Waals surface area contributed by atoms with Crippen molar-refractivity contribution in [1.29, 1.82) is 0 Å². The number of fused-ring (bicyclic) bond motifs is 1. The van der Waals surface area contributed by atoms with Crippen molar-refractivity contribution in [2.75, 3.05) is 13.1 Å². The predicted octanol–water partition coefficient (Wildman–Crippen LogP) is 5.20. The van der Waals surface area contributed by atoms with Crippen molar-refractivity contribution in [2.24, 2.45) is 11.8 Å². The number of furan rings is 1. The number of carbonyl (C=O) groups is 1. The highest BCUT2D eigenvalue weighted by atomic mass is 16.4. The van der Waals surface area contributed by atoms with E-state index in [9.17, 15) is 4.79 Å². The first-order chi connectivity index (χ1) is 13.5. The molecule has 0 spiro atoms. The van der Waals surface area contributed by atoms with Gasteiger partial charge >= 0.3 is 5.97 Å². The minimum atomic E-state index is -0.691. The monoisotopic (exact) mass is 377 g/mol. The number of nitrogens with zero attached hydrogens (tertiary/aromatic N) is 1. The van der Waals surface area contributed by atoms with Crippen molar-refractivity contribution in [3.63, 3.8) is 0 Å². The molecule has 0 bridgehead atoms. The first-order valence-electron chi connectivity index (χ1n) is 10.0. The molecule has 2 aromatic carbocycles. The molecule has 0 amide bonds. The SMILES string of the molecule is CC(C)CCc1ccc2oc(-c3ccc(CN4CC(C(=O)O)C4)cc3)cc2c1. The van der Waals surface area contributed by atoms with Gasteiger partial charge in [0.2, 0.25) is 0 Å². The van der Waals surface area contributed by atoms with Gasteiger partial charge in [0, 0.05) is 30.6 Å². The highest BCUT2D eigenvalue weighted by molar-refractivity contribution is 5.83. The zero-order chi connectivity index (χ0) is 19.7. The van der Waals surface area contributed by atoms with E-state index in [1.54, 1.807) is 0 Å². The van der Waals surface area contributed by atoms with Crippen molar-refractivity contribution in [3.8, 4) is 11.3 Å². The largest absolute Gasteiger partial charge is 0.481 e. The van der Waals surface area contributed by atoms with E-state index in [1.165, 1.54) is 17.5 Å². The molecule has 1 saturated heterocycles. The molecule has 1 N–H and O–H groups in total. The molecule has 0 unspecified atom stereocenters. The lowest BCUT2D eigenvalue weighted by Gasteiger charge is -2.36. The summed E-state index contributed by atoms with van der Waals surface area (Å²) >= 11 is 0. The van der Waals surface area contributed by atoms with Crippen LogP contribution in [0.1, 0.15) is 31.4 Å². The molecule has 1 aromatic heterocycles. The third-order valence-corrected chi connectivity index (χ3v) is 5.54. The van der Waals surface area contributed by atoms with Crippen molar-refractivity contribution in [1.82, 2.24) is 4.90 Å². The fourth-order valence-electron chi connectivity index (χ4n) is 3.73. The molecule has 2 heterocycles. The fraction of sp³-hybridized carbons (Fsp3) is 0.375. The van der Waals surface area contributed by atoms with Gasteiger partial charge in [-0.3, -0.25) is 9.69 Å². The minimum absolute atomic E-state index is 0.208. The van der Waals surface area contributed by atoms with Crippen LogP contribution in [0.5, 0.6) is 0 Å². The van der Waals surface area contributed by atoms with Crippen LogP contribution in [0.3, 0.4) is 0 Å². The van der Waals surface area contributed by atoms with E-state index in [-0.39, 0.29) is 5.92 Å². The molecule has 4 heteroatoms. The van der Waals surface area contributed by atoms with Gasteiger partial charge in [0.05, 0.1) is 5.92 Å². The van der Waals surface area contributed by atoms with Crippen LogP contribution in [0.15, 0.2) is 52.9 Å². The average Bonchev–Trinajstić information content (AvgIpc) is 3.06. The minimum Gasteiger partial charge on any atom is -0.481 e. The maximum absolute atomic E-state index is 10.9. The fourth-order valence-corrected chi connectivity index (χ4v) is 3.73. The summed E-state index contributed by atoms with van der Waals surface area (Å²) in [7, 11) is 0. The van der Waals surface area contributed by atoms with Crippen LogP contribution in [0.25, 0.3) is 22.3 Å². The third kappa shape index (κ3) is 4.12. The van der Waals surface area contributed by atoms with E-state index < -0.39 is 5.97 Å². The highest BCUT2D eigenvalue weighted by Gasteiger charge is 2.32. The summed E-state index contributed by atoms with van der Waals surface area (Å²) in [6.45, 7) is 6.58. The molecule has 146 valence electrons. The Balaban J connectivity index is 1.43. The van der Waals surface area contributed by atoms with Gasteiger partial charge in [0.1, 0.15) is 11.3 Å². The number of hydrogen-bond donors (Lipinski definition) is 1. The normalized spacial score (nSPS) is 15.2. The second kappa shape index (κ2) is 7.80. The van der Waals surface area contributed by atoms with E-state index >= 15 is 0 Å². The van der Waals surface area contributed by atoms with Gasteiger partial charge in [0.15, 0.2) is 0 Å². The molecule has 1 aliphatic heterocycles. The van der Waals surface area contributed by atoms with Crippen LogP contribution in [-0.2, 0) is 17.8 Å². The van der Waals surface area contributed by atoms with Crippen LogP contribution in [0, 0.1) is 11.8 Å². The molecule has 4 rings (SSSR count). The third-order valence-electron chi connectivity index (χ3n) is 5.54. The van der Waals surface area contributed by atoms with Gasteiger partial charge in [-0.15, -0.1) is 0 Å². The Labute approximate surface area is 165 Å². The summed E-state index contributed by atoms with van der Waals surface area (Å²) in [6.07, 6.45) is 2.30. The van der Waals surface area contributed by atoms with Crippen molar-refractivity contribution in [2.45, 2.75) is 33.2 Å². The van der Waals surface area contributed by atoms with Crippen molar-refractivity contribution < 1.29 is 14.3 Å². The van der Waals surface area contributed by atoms with Gasteiger partial charge in [0.25, 0.3) is 0 Å². The molecule has 0 aliphatic carbocycles. The van der Waals surface area contributed by atoms with Gasteiger partial charge in [-0.2, -0.15) is 0 Å². The lowest BCUT2D eigenvalue weighted by atomic mass is 9.99. The standard InChI is InChI=1S/C24H27NO3/c1-16(2)3-4-17-7-10-22-20(11-17)12-23(28-22)19-8-5-18(6-9-19)13-25-14-21(15-25)24(26)27/h5-12,16,21H,3-4,13-15H2,1-2H3,(H,26,27). The lowest BCUT2D eigenvalue weighted by molar-refractivity contribution is -0.147. The quantitative estimate of drug-likeness (QED) is 0.614. The van der Waals surface area contributed by atoms with Gasteiger partial charge in [-0.05, 0) is 48.1 Å². The number of likely N-dealkylation sites (tertiary alicyclic amines) is 1. The summed E-state index contributed by atoms with van der Waals surface area (Å²) in [5.74, 6) is 0.696. The average molecular weight is 377 g/mol. The Morgan fingerprint density at radius 2 is 1.82 bits per heavy atom. The Hall–Kier alpha value is -2.59. The Kier molecular flexibility index (Phi) is 5.23. The van der Waals surface area contributed by atoms with E-state index in [0.29, 0.717) is 19.0 Å². The van der Waals surface area contributed by atoms with Crippen LogP contribution in [0.2, 0.25) is 0 Å². The highest BCUT2D eigenvalue weighted by Crippen LogP contribution is 2.29. The summed E-state index contributed by atoms with van der Waals surface area (Å²) in [6, 6.07) is 17.0. The number of carboxylic acid groups (broad SMARTS) is 1. The lowest BCUT2D eigenvalue weighted by Crippen LogP contribution is -2.49. The maximum atomic E-state index is 10.9. The molecule has 28 heavy (non-hydrogen) atoms.